The van der Waals surface area contributed by atoms with Crippen molar-refractivity contribution in [2.75, 3.05) is 18.6 Å². The third kappa shape index (κ3) is 4.10. The summed E-state index contributed by atoms with van der Waals surface area (Å²) in [4.78, 5) is 12.4. The molecule has 1 rings (SSSR count). The maximum absolute atomic E-state index is 11.7. The van der Waals surface area contributed by atoms with E-state index < -0.39 is 5.97 Å². The number of ether oxygens (including phenoxy) is 1. The molecule has 0 saturated heterocycles. The molecule has 2 N–H and O–H groups in total. The summed E-state index contributed by atoms with van der Waals surface area (Å²) in [7, 11) is 1.35. The van der Waals surface area contributed by atoms with Crippen LogP contribution in [0.5, 0.6) is 0 Å². The van der Waals surface area contributed by atoms with Gasteiger partial charge in [0.2, 0.25) is 0 Å². The zero-order chi connectivity index (χ0) is 13.7. The molecular weight excluding hydrogens is 270 g/mol. The second kappa shape index (κ2) is 6.90. The van der Waals surface area contributed by atoms with E-state index in [1.165, 1.54) is 7.11 Å². The number of thioether (sulfide) groups is 1. The van der Waals surface area contributed by atoms with Crippen LogP contribution in [0.1, 0.15) is 30.6 Å². The van der Waals surface area contributed by atoms with Crippen molar-refractivity contribution >= 4 is 35.0 Å². The predicted octanol–water partition coefficient (Wildman–Crippen LogP) is 3.85. The number of halogens is 1. The molecule has 0 aliphatic rings. The Balaban J connectivity index is 2.96. The number of nitrogen functional groups attached to an aromatic ring is 1. The molecule has 0 saturated carbocycles. The van der Waals surface area contributed by atoms with E-state index in [-0.39, 0.29) is 0 Å². The van der Waals surface area contributed by atoms with Crippen molar-refractivity contribution in [3.05, 3.63) is 22.7 Å². The minimum Gasteiger partial charge on any atom is -0.465 e. The molecule has 0 atom stereocenters. The fraction of sp³-hybridized carbons (Fsp3) is 0.462. The zero-order valence-electron chi connectivity index (χ0n) is 10.8. The van der Waals surface area contributed by atoms with E-state index in [4.69, 9.17) is 22.1 Å². The van der Waals surface area contributed by atoms with Crippen LogP contribution >= 0.6 is 23.4 Å². The maximum Gasteiger partial charge on any atom is 0.339 e. The number of esters is 1. The number of hydrogen-bond acceptors (Lipinski definition) is 4. The van der Waals surface area contributed by atoms with Crippen molar-refractivity contribution in [2.45, 2.75) is 25.2 Å². The maximum atomic E-state index is 11.7. The molecular formula is C13H18ClNO2S. The lowest BCUT2D eigenvalue weighted by atomic mass is 10.2. The predicted molar refractivity (Wildman–Crippen MR) is 77.4 cm³/mol. The number of hydrogen-bond donors (Lipinski definition) is 1. The van der Waals surface area contributed by atoms with Crippen molar-refractivity contribution in [1.29, 1.82) is 0 Å². The van der Waals surface area contributed by atoms with E-state index in [2.05, 4.69) is 13.8 Å². The number of nitrogens with two attached hydrogens (primary N) is 1. The second-order valence-corrected chi connectivity index (χ2v) is 5.91. The first-order valence-electron chi connectivity index (χ1n) is 5.75. The summed E-state index contributed by atoms with van der Waals surface area (Å²) in [5.41, 5.74) is 6.60. The summed E-state index contributed by atoms with van der Waals surface area (Å²) < 4.78 is 4.75. The Hall–Kier alpha value is -0.870. The van der Waals surface area contributed by atoms with Crippen LogP contribution in [-0.2, 0) is 4.74 Å². The summed E-state index contributed by atoms with van der Waals surface area (Å²) in [6.07, 6.45) is 1.06. The summed E-state index contributed by atoms with van der Waals surface area (Å²) in [6, 6.07) is 3.27. The van der Waals surface area contributed by atoms with Gasteiger partial charge in [-0.25, -0.2) is 4.79 Å². The molecule has 0 heterocycles. The van der Waals surface area contributed by atoms with Gasteiger partial charge in [-0.15, -0.1) is 11.8 Å². The molecule has 1 aromatic carbocycles. The van der Waals surface area contributed by atoms with Crippen LogP contribution in [0.15, 0.2) is 17.0 Å². The highest BCUT2D eigenvalue weighted by molar-refractivity contribution is 7.99. The molecule has 0 unspecified atom stereocenters. The van der Waals surface area contributed by atoms with Crippen LogP contribution in [0.4, 0.5) is 5.69 Å². The summed E-state index contributed by atoms with van der Waals surface area (Å²) in [5.74, 6) is 1.12. The molecule has 0 bridgehead atoms. The lowest BCUT2D eigenvalue weighted by Gasteiger charge is -2.11. The van der Waals surface area contributed by atoms with E-state index in [0.29, 0.717) is 22.2 Å². The van der Waals surface area contributed by atoms with Crippen LogP contribution in [0.25, 0.3) is 0 Å². The van der Waals surface area contributed by atoms with Crippen LogP contribution in [0.2, 0.25) is 5.02 Å². The van der Waals surface area contributed by atoms with Gasteiger partial charge in [0.05, 0.1) is 17.7 Å². The van der Waals surface area contributed by atoms with Gasteiger partial charge in [0.25, 0.3) is 0 Å². The molecule has 0 amide bonds. The van der Waals surface area contributed by atoms with Gasteiger partial charge in [0.15, 0.2) is 0 Å². The Morgan fingerprint density at radius 2 is 2.17 bits per heavy atom. The summed E-state index contributed by atoms with van der Waals surface area (Å²) >= 11 is 7.71. The van der Waals surface area contributed by atoms with E-state index in [0.717, 1.165) is 17.1 Å². The lowest BCUT2D eigenvalue weighted by Crippen LogP contribution is -2.05. The Morgan fingerprint density at radius 3 is 2.72 bits per heavy atom. The van der Waals surface area contributed by atoms with Crippen LogP contribution < -0.4 is 5.73 Å². The molecule has 0 fully saturated rings. The third-order valence-corrected chi connectivity index (χ3v) is 3.99. The highest BCUT2D eigenvalue weighted by Crippen LogP contribution is 2.34. The molecule has 3 nitrogen and oxygen atoms in total. The molecule has 1 aromatic rings. The van der Waals surface area contributed by atoms with E-state index in [9.17, 15) is 4.79 Å². The first kappa shape index (κ1) is 15.2. The SMILES string of the molecule is COC(=O)c1cc(N)cc(Cl)c1SCCC(C)C. The monoisotopic (exact) mass is 287 g/mol. The van der Waals surface area contributed by atoms with Gasteiger partial charge in [-0.2, -0.15) is 0 Å². The van der Waals surface area contributed by atoms with Gasteiger partial charge in [-0.05, 0) is 30.2 Å². The molecule has 0 aromatic heterocycles. The highest BCUT2D eigenvalue weighted by Gasteiger charge is 2.16. The molecule has 100 valence electrons. The normalized spacial score (nSPS) is 10.7. The highest BCUT2D eigenvalue weighted by atomic mass is 35.5. The van der Waals surface area contributed by atoms with Crippen molar-refractivity contribution in [1.82, 2.24) is 0 Å². The van der Waals surface area contributed by atoms with Gasteiger partial charge in [-0.1, -0.05) is 25.4 Å². The molecule has 5 heteroatoms. The first-order chi connectivity index (χ1) is 8.45. The Kier molecular flexibility index (Phi) is 5.82. The van der Waals surface area contributed by atoms with Gasteiger partial charge in [0.1, 0.15) is 0 Å². The first-order valence-corrected chi connectivity index (χ1v) is 7.12. The topological polar surface area (TPSA) is 52.3 Å². The van der Waals surface area contributed by atoms with Crippen molar-refractivity contribution < 1.29 is 9.53 Å². The zero-order valence-corrected chi connectivity index (χ0v) is 12.4. The fourth-order valence-corrected chi connectivity index (χ4v) is 3.10. The summed E-state index contributed by atoms with van der Waals surface area (Å²) in [5, 5.41) is 0.504. The van der Waals surface area contributed by atoms with Crippen molar-refractivity contribution in [2.24, 2.45) is 5.92 Å². The summed E-state index contributed by atoms with van der Waals surface area (Å²) in [6.45, 7) is 4.32. The van der Waals surface area contributed by atoms with Gasteiger partial charge < -0.3 is 10.5 Å². The molecule has 0 aliphatic carbocycles. The number of carbonyl (C=O) groups is 1. The van der Waals surface area contributed by atoms with E-state index >= 15 is 0 Å². The van der Waals surface area contributed by atoms with Crippen molar-refractivity contribution in [3.8, 4) is 0 Å². The Morgan fingerprint density at radius 1 is 1.50 bits per heavy atom. The molecule has 18 heavy (non-hydrogen) atoms. The lowest BCUT2D eigenvalue weighted by molar-refractivity contribution is 0.0597. The second-order valence-electron chi connectivity index (χ2n) is 4.40. The van der Waals surface area contributed by atoms with Crippen LogP contribution in [-0.4, -0.2) is 18.8 Å². The molecule has 0 radical (unpaired) electrons. The minimum atomic E-state index is -0.406. The minimum absolute atomic E-state index is 0.406. The van der Waals surface area contributed by atoms with Gasteiger partial charge in [-0.3, -0.25) is 0 Å². The van der Waals surface area contributed by atoms with Crippen LogP contribution in [0, 0.1) is 5.92 Å². The fourth-order valence-electron chi connectivity index (χ4n) is 1.42. The number of rotatable bonds is 5. The van der Waals surface area contributed by atoms with E-state index in [1.54, 1.807) is 23.9 Å². The molecule has 0 spiro atoms. The van der Waals surface area contributed by atoms with Gasteiger partial charge >= 0.3 is 5.97 Å². The quantitative estimate of drug-likeness (QED) is 0.508. The van der Waals surface area contributed by atoms with Crippen molar-refractivity contribution in [3.63, 3.8) is 0 Å². The number of anilines is 1. The van der Waals surface area contributed by atoms with Gasteiger partial charge in [0, 0.05) is 10.6 Å². The van der Waals surface area contributed by atoms with E-state index in [1.807, 2.05) is 0 Å². The largest absolute Gasteiger partial charge is 0.465 e. The number of methoxy groups -OCH3 is 1. The average molecular weight is 288 g/mol. The Labute approximate surface area is 117 Å². The Bertz CT molecular complexity index is 435. The average Bonchev–Trinajstić information content (AvgIpc) is 2.30. The molecule has 0 aliphatic heterocycles. The number of carbonyl (C=O) groups excluding carboxylic acids is 1. The standard InChI is InChI=1S/C13H18ClNO2S/c1-8(2)4-5-18-12-10(13(16)17-3)6-9(15)7-11(12)14/h6-8H,4-5,15H2,1-3H3. The van der Waals surface area contributed by atoms with Crippen LogP contribution in [0.3, 0.4) is 0 Å². The third-order valence-electron chi connectivity index (χ3n) is 2.41. The smallest absolute Gasteiger partial charge is 0.339 e. The number of benzene rings is 1.